The molecule has 0 unspecified atom stereocenters. The summed E-state index contributed by atoms with van der Waals surface area (Å²) in [6, 6.07) is 0.478. The SMILES string of the molecule is CC(C)CC1=NC(O)=C(O)CN1C1CCCCC1. The van der Waals surface area contributed by atoms with Gasteiger partial charge in [0, 0.05) is 12.5 Å². The summed E-state index contributed by atoms with van der Waals surface area (Å²) in [5.41, 5.74) is 0. The van der Waals surface area contributed by atoms with E-state index in [0.29, 0.717) is 18.5 Å². The van der Waals surface area contributed by atoms with Crippen LogP contribution in [0.5, 0.6) is 0 Å². The van der Waals surface area contributed by atoms with Crippen molar-refractivity contribution in [2.45, 2.75) is 58.4 Å². The number of aliphatic imine (C=N–C) groups is 1. The van der Waals surface area contributed by atoms with Crippen LogP contribution in [0.4, 0.5) is 0 Å². The Morgan fingerprint density at radius 3 is 2.50 bits per heavy atom. The summed E-state index contributed by atoms with van der Waals surface area (Å²) in [6.07, 6.45) is 7.03. The van der Waals surface area contributed by atoms with Crippen LogP contribution in [-0.2, 0) is 0 Å². The van der Waals surface area contributed by atoms with Gasteiger partial charge in [0.1, 0.15) is 5.84 Å². The minimum absolute atomic E-state index is 0.00748. The number of rotatable bonds is 3. The average Bonchev–Trinajstić information content (AvgIpc) is 2.34. The van der Waals surface area contributed by atoms with E-state index in [0.717, 1.165) is 12.3 Å². The summed E-state index contributed by atoms with van der Waals surface area (Å²) < 4.78 is 0. The van der Waals surface area contributed by atoms with E-state index >= 15 is 0 Å². The van der Waals surface area contributed by atoms with Crippen LogP contribution in [-0.4, -0.2) is 33.5 Å². The maximum Gasteiger partial charge on any atom is 0.253 e. The summed E-state index contributed by atoms with van der Waals surface area (Å²) in [4.78, 5) is 6.39. The Morgan fingerprint density at radius 2 is 1.89 bits per heavy atom. The van der Waals surface area contributed by atoms with Gasteiger partial charge in [-0.1, -0.05) is 33.1 Å². The third-order valence-electron chi connectivity index (χ3n) is 3.75. The van der Waals surface area contributed by atoms with Gasteiger partial charge in [-0.15, -0.1) is 0 Å². The van der Waals surface area contributed by atoms with Gasteiger partial charge in [-0.2, -0.15) is 4.99 Å². The lowest BCUT2D eigenvalue weighted by Crippen LogP contribution is -2.45. The van der Waals surface area contributed by atoms with Crippen molar-refractivity contribution in [1.29, 1.82) is 0 Å². The molecule has 2 aliphatic rings. The first-order valence-corrected chi connectivity index (χ1v) is 7.03. The highest BCUT2D eigenvalue weighted by molar-refractivity contribution is 5.84. The van der Waals surface area contributed by atoms with Crippen molar-refractivity contribution in [3.63, 3.8) is 0 Å². The van der Waals surface area contributed by atoms with E-state index in [2.05, 4.69) is 23.7 Å². The van der Waals surface area contributed by atoms with Crippen molar-refractivity contribution in [2.75, 3.05) is 6.54 Å². The van der Waals surface area contributed by atoms with Gasteiger partial charge >= 0.3 is 0 Å². The van der Waals surface area contributed by atoms with E-state index in [4.69, 9.17) is 0 Å². The molecule has 0 spiro atoms. The zero-order valence-electron chi connectivity index (χ0n) is 11.4. The van der Waals surface area contributed by atoms with Gasteiger partial charge in [0.15, 0.2) is 5.76 Å². The topological polar surface area (TPSA) is 56.1 Å². The summed E-state index contributed by atoms with van der Waals surface area (Å²) in [6.45, 7) is 4.72. The molecule has 1 aliphatic carbocycles. The van der Waals surface area contributed by atoms with Crippen molar-refractivity contribution >= 4 is 5.84 Å². The second-order valence-electron chi connectivity index (χ2n) is 5.82. The fourth-order valence-electron chi connectivity index (χ4n) is 2.83. The average molecular weight is 252 g/mol. The van der Waals surface area contributed by atoms with Crippen LogP contribution < -0.4 is 0 Å². The highest BCUT2D eigenvalue weighted by atomic mass is 16.3. The van der Waals surface area contributed by atoms with Crippen molar-refractivity contribution in [3.05, 3.63) is 11.6 Å². The van der Waals surface area contributed by atoms with E-state index in [-0.39, 0.29) is 11.6 Å². The van der Waals surface area contributed by atoms with Crippen LogP contribution in [0.2, 0.25) is 0 Å². The van der Waals surface area contributed by atoms with Gasteiger partial charge in [0.25, 0.3) is 5.88 Å². The Morgan fingerprint density at radius 1 is 1.22 bits per heavy atom. The highest BCUT2D eigenvalue weighted by Crippen LogP contribution is 2.27. The summed E-state index contributed by atoms with van der Waals surface area (Å²) in [5, 5.41) is 19.3. The summed E-state index contributed by atoms with van der Waals surface area (Å²) >= 11 is 0. The third-order valence-corrected chi connectivity index (χ3v) is 3.75. The fraction of sp³-hybridized carbons (Fsp3) is 0.786. The molecule has 4 nitrogen and oxygen atoms in total. The number of amidine groups is 1. The summed E-state index contributed by atoms with van der Waals surface area (Å²) in [5.74, 6) is 1.25. The molecule has 102 valence electrons. The van der Waals surface area contributed by atoms with Crippen molar-refractivity contribution < 1.29 is 10.2 Å². The van der Waals surface area contributed by atoms with Gasteiger partial charge < -0.3 is 15.1 Å². The molecular formula is C14H24N2O2. The molecule has 0 aromatic rings. The van der Waals surface area contributed by atoms with Crippen molar-refractivity contribution in [1.82, 2.24) is 4.90 Å². The van der Waals surface area contributed by atoms with Crippen LogP contribution in [0.25, 0.3) is 0 Å². The summed E-state index contributed by atoms with van der Waals surface area (Å²) in [7, 11) is 0. The van der Waals surface area contributed by atoms with Gasteiger partial charge in [0.05, 0.1) is 6.54 Å². The smallest absolute Gasteiger partial charge is 0.253 e. The van der Waals surface area contributed by atoms with Crippen LogP contribution in [0.15, 0.2) is 16.6 Å². The van der Waals surface area contributed by atoms with Crippen LogP contribution in [0.3, 0.4) is 0 Å². The van der Waals surface area contributed by atoms with Gasteiger partial charge in [0.2, 0.25) is 0 Å². The molecule has 1 saturated carbocycles. The number of aliphatic hydroxyl groups excluding tert-OH is 2. The largest absolute Gasteiger partial charge is 0.506 e. The third kappa shape index (κ3) is 2.98. The normalized spacial score (nSPS) is 22.6. The first-order valence-electron chi connectivity index (χ1n) is 7.03. The highest BCUT2D eigenvalue weighted by Gasteiger charge is 2.29. The molecule has 1 aliphatic heterocycles. The molecule has 0 radical (unpaired) electrons. The predicted octanol–water partition coefficient (Wildman–Crippen LogP) is 3.36. The maximum absolute atomic E-state index is 9.71. The Kier molecular flexibility index (Phi) is 4.15. The van der Waals surface area contributed by atoms with Crippen LogP contribution in [0.1, 0.15) is 52.4 Å². The van der Waals surface area contributed by atoms with E-state index in [1.54, 1.807) is 0 Å². The molecule has 0 bridgehead atoms. The minimum atomic E-state index is -0.197. The minimum Gasteiger partial charge on any atom is -0.506 e. The molecule has 0 aromatic carbocycles. The predicted molar refractivity (Wildman–Crippen MR) is 72.8 cm³/mol. The van der Waals surface area contributed by atoms with Crippen LogP contribution in [0, 0.1) is 5.92 Å². The number of hydrogen-bond donors (Lipinski definition) is 2. The van der Waals surface area contributed by atoms with E-state index in [1.165, 1.54) is 32.1 Å². The Bertz CT molecular complexity index is 355. The van der Waals surface area contributed by atoms with E-state index < -0.39 is 0 Å². The molecule has 0 atom stereocenters. The molecule has 18 heavy (non-hydrogen) atoms. The van der Waals surface area contributed by atoms with E-state index in [9.17, 15) is 10.2 Å². The van der Waals surface area contributed by atoms with Gasteiger partial charge in [-0.3, -0.25) is 0 Å². The quantitative estimate of drug-likeness (QED) is 0.809. The molecule has 2 rings (SSSR count). The molecule has 1 fully saturated rings. The van der Waals surface area contributed by atoms with Crippen LogP contribution >= 0.6 is 0 Å². The monoisotopic (exact) mass is 252 g/mol. The van der Waals surface area contributed by atoms with E-state index in [1.807, 2.05) is 0 Å². The number of nitrogens with zero attached hydrogens (tertiary/aromatic N) is 2. The van der Waals surface area contributed by atoms with Gasteiger partial charge in [-0.25, -0.2) is 0 Å². The lowest BCUT2D eigenvalue weighted by Gasteiger charge is -2.38. The lowest BCUT2D eigenvalue weighted by molar-refractivity contribution is 0.201. The molecule has 1 heterocycles. The lowest BCUT2D eigenvalue weighted by atomic mass is 9.93. The molecule has 2 N–H and O–H groups in total. The first kappa shape index (κ1) is 13.2. The second kappa shape index (κ2) is 5.63. The second-order valence-corrected chi connectivity index (χ2v) is 5.82. The molecular weight excluding hydrogens is 228 g/mol. The standard InChI is InChI=1S/C14H24N2O2/c1-10(2)8-13-15-14(18)12(17)9-16(13)11-6-4-3-5-7-11/h10-11,17-18H,3-9H2,1-2H3. The first-order chi connectivity index (χ1) is 8.58. The number of hydrogen-bond acceptors (Lipinski definition) is 4. The molecule has 4 heteroatoms. The number of aliphatic hydroxyl groups is 2. The van der Waals surface area contributed by atoms with Crippen molar-refractivity contribution in [2.24, 2.45) is 10.9 Å². The zero-order chi connectivity index (χ0) is 13.1. The molecule has 0 aromatic heterocycles. The Balaban J connectivity index is 2.14. The van der Waals surface area contributed by atoms with Gasteiger partial charge in [-0.05, 0) is 18.8 Å². The molecule has 0 amide bonds. The molecule has 0 saturated heterocycles. The maximum atomic E-state index is 9.71. The van der Waals surface area contributed by atoms with Crippen molar-refractivity contribution in [3.8, 4) is 0 Å². The Labute approximate surface area is 109 Å². The fourth-order valence-corrected chi connectivity index (χ4v) is 2.83. The zero-order valence-corrected chi connectivity index (χ0v) is 11.4. The Hall–Kier alpha value is -1.19.